The van der Waals surface area contributed by atoms with Crippen molar-refractivity contribution in [1.29, 1.82) is 0 Å². The van der Waals surface area contributed by atoms with Crippen molar-refractivity contribution >= 4 is 26.5 Å². The lowest BCUT2D eigenvalue weighted by Crippen LogP contribution is -2.09. The Balaban J connectivity index is 2.04. The molecule has 0 aromatic carbocycles. The zero-order valence-electron chi connectivity index (χ0n) is 14.6. The minimum Gasteiger partial charge on any atom is -0.324 e. The summed E-state index contributed by atoms with van der Waals surface area (Å²) in [6.07, 6.45) is 0.712. The monoisotopic (exact) mass is 410 g/mol. The van der Waals surface area contributed by atoms with Gasteiger partial charge in [0.15, 0.2) is 26.3 Å². The third kappa shape index (κ3) is 2.71. The first-order valence-corrected chi connectivity index (χ1v) is 9.73. The van der Waals surface area contributed by atoms with Gasteiger partial charge in [0.05, 0.1) is 29.2 Å². The number of fused-ring (bicyclic) bond motifs is 2. The highest BCUT2D eigenvalue weighted by molar-refractivity contribution is 7.91. The van der Waals surface area contributed by atoms with E-state index in [0.29, 0.717) is 5.52 Å². The van der Waals surface area contributed by atoms with Crippen molar-refractivity contribution in [3.63, 3.8) is 0 Å². The SMILES string of the molecule is CCS(=O)(=O)c1c(-c2nc3cc(C(F)(F)F)ncc3n2C)nc2cnccn12. The van der Waals surface area contributed by atoms with E-state index in [0.717, 1.165) is 12.3 Å². The Hall–Kier alpha value is -3.02. The second-order valence-electron chi connectivity index (χ2n) is 6.02. The van der Waals surface area contributed by atoms with E-state index in [-0.39, 0.29) is 33.5 Å². The second-order valence-corrected chi connectivity index (χ2v) is 8.22. The van der Waals surface area contributed by atoms with Crippen molar-refractivity contribution in [2.75, 3.05) is 5.75 Å². The standard InChI is InChI=1S/C16H13F3N6O2S/c1-3-28(26,27)15-13(23-12-8-20-4-5-25(12)15)14-22-9-6-11(16(17,18)19)21-7-10(9)24(14)2/h4-8H,3H2,1-2H3. The van der Waals surface area contributed by atoms with E-state index >= 15 is 0 Å². The number of alkyl halides is 3. The minimum atomic E-state index is -4.61. The van der Waals surface area contributed by atoms with Gasteiger partial charge in [0.2, 0.25) is 0 Å². The molecule has 4 heterocycles. The van der Waals surface area contributed by atoms with Crippen LogP contribution in [-0.2, 0) is 23.1 Å². The lowest BCUT2D eigenvalue weighted by Gasteiger charge is -2.05. The van der Waals surface area contributed by atoms with Crippen molar-refractivity contribution < 1.29 is 21.6 Å². The summed E-state index contributed by atoms with van der Waals surface area (Å²) in [5, 5.41) is -0.0881. The van der Waals surface area contributed by atoms with Crippen LogP contribution in [-0.4, -0.2) is 43.1 Å². The Bertz CT molecular complexity index is 1320. The molecule has 0 saturated carbocycles. The molecular formula is C16H13F3N6O2S. The second kappa shape index (κ2) is 5.99. The van der Waals surface area contributed by atoms with Gasteiger partial charge in [-0.1, -0.05) is 6.92 Å². The van der Waals surface area contributed by atoms with Gasteiger partial charge in [0.1, 0.15) is 11.4 Å². The molecule has 0 unspecified atom stereocenters. The molecule has 28 heavy (non-hydrogen) atoms. The first kappa shape index (κ1) is 18.3. The summed E-state index contributed by atoms with van der Waals surface area (Å²) in [4.78, 5) is 15.9. The van der Waals surface area contributed by atoms with Crippen LogP contribution in [0.3, 0.4) is 0 Å². The van der Waals surface area contributed by atoms with E-state index in [9.17, 15) is 21.6 Å². The topological polar surface area (TPSA) is 95.0 Å². The van der Waals surface area contributed by atoms with Gasteiger partial charge in [0, 0.05) is 19.4 Å². The van der Waals surface area contributed by atoms with E-state index in [1.54, 1.807) is 7.05 Å². The molecule has 0 saturated heterocycles. The third-order valence-corrected chi connectivity index (χ3v) is 6.07. The van der Waals surface area contributed by atoms with Crippen molar-refractivity contribution in [1.82, 2.24) is 28.9 Å². The lowest BCUT2D eigenvalue weighted by molar-refractivity contribution is -0.141. The highest BCUT2D eigenvalue weighted by atomic mass is 32.2. The molecule has 4 rings (SSSR count). The Morgan fingerprint density at radius 1 is 1.18 bits per heavy atom. The van der Waals surface area contributed by atoms with E-state index in [2.05, 4.69) is 19.9 Å². The number of imidazole rings is 2. The Kier molecular flexibility index (Phi) is 3.93. The highest BCUT2D eigenvalue weighted by Gasteiger charge is 2.33. The molecule has 0 atom stereocenters. The summed E-state index contributed by atoms with van der Waals surface area (Å²) >= 11 is 0. The van der Waals surface area contributed by atoms with Crippen LogP contribution in [0.4, 0.5) is 13.2 Å². The Morgan fingerprint density at radius 2 is 1.93 bits per heavy atom. The first-order chi connectivity index (χ1) is 13.1. The molecule has 146 valence electrons. The van der Waals surface area contributed by atoms with Gasteiger partial charge in [-0.05, 0) is 6.07 Å². The number of nitrogens with zero attached hydrogens (tertiary/aromatic N) is 6. The van der Waals surface area contributed by atoms with Crippen LogP contribution >= 0.6 is 0 Å². The molecule has 0 bridgehead atoms. The fourth-order valence-corrected chi connectivity index (χ4v) is 4.08. The summed E-state index contributed by atoms with van der Waals surface area (Å²) in [7, 11) is -2.16. The molecule has 0 spiro atoms. The summed E-state index contributed by atoms with van der Waals surface area (Å²) in [6, 6.07) is 0.824. The number of pyridine rings is 1. The summed E-state index contributed by atoms with van der Waals surface area (Å²) < 4.78 is 67.1. The summed E-state index contributed by atoms with van der Waals surface area (Å²) in [6.45, 7) is 1.49. The number of aromatic nitrogens is 6. The maximum atomic E-state index is 13.0. The lowest BCUT2D eigenvalue weighted by atomic mass is 10.3. The molecule has 8 nitrogen and oxygen atoms in total. The molecule has 4 aromatic rings. The van der Waals surface area contributed by atoms with E-state index in [4.69, 9.17) is 0 Å². The van der Waals surface area contributed by atoms with Crippen LogP contribution in [0.25, 0.3) is 28.2 Å². The average molecular weight is 410 g/mol. The molecule has 0 amide bonds. The van der Waals surface area contributed by atoms with Gasteiger partial charge in [-0.3, -0.25) is 9.38 Å². The fraction of sp³-hybridized carbons (Fsp3) is 0.250. The van der Waals surface area contributed by atoms with Crippen LogP contribution < -0.4 is 0 Å². The number of aryl methyl sites for hydroxylation is 1. The zero-order chi connectivity index (χ0) is 20.3. The van der Waals surface area contributed by atoms with Crippen molar-refractivity contribution in [2.45, 2.75) is 18.1 Å². The van der Waals surface area contributed by atoms with E-state index < -0.39 is 21.7 Å². The number of hydrogen-bond acceptors (Lipinski definition) is 6. The van der Waals surface area contributed by atoms with Gasteiger partial charge in [-0.25, -0.2) is 23.4 Å². The van der Waals surface area contributed by atoms with E-state index in [1.165, 1.54) is 34.5 Å². The molecule has 0 fully saturated rings. The van der Waals surface area contributed by atoms with Crippen LogP contribution in [0.5, 0.6) is 0 Å². The first-order valence-electron chi connectivity index (χ1n) is 8.08. The summed E-state index contributed by atoms with van der Waals surface area (Å²) in [5.41, 5.74) is -0.397. The predicted molar refractivity (Wildman–Crippen MR) is 93.2 cm³/mol. The largest absolute Gasteiger partial charge is 0.433 e. The number of halogens is 3. The van der Waals surface area contributed by atoms with Crippen molar-refractivity contribution in [3.05, 3.63) is 36.5 Å². The van der Waals surface area contributed by atoms with Gasteiger partial charge >= 0.3 is 6.18 Å². The molecule has 0 aliphatic carbocycles. The Labute approximate surface area is 156 Å². The molecule has 0 radical (unpaired) electrons. The highest BCUT2D eigenvalue weighted by Crippen LogP contribution is 2.33. The van der Waals surface area contributed by atoms with Gasteiger partial charge in [0.25, 0.3) is 0 Å². The molecule has 0 N–H and O–H groups in total. The molecule has 0 aliphatic heterocycles. The van der Waals surface area contributed by atoms with Crippen LogP contribution in [0.1, 0.15) is 12.6 Å². The molecule has 12 heteroatoms. The van der Waals surface area contributed by atoms with Crippen LogP contribution in [0.2, 0.25) is 0 Å². The van der Waals surface area contributed by atoms with Gasteiger partial charge < -0.3 is 4.57 Å². The Morgan fingerprint density at radius 3 is 2.61 bits per heavy atom. The molecule has 0 aliphatic rings. The van der Waals surface area contributed by atoms with Gasteiger partial charge in [-0.2, -0.15) is 13.2 Å². The van der Waals surface area contributed by atoms with Crippen molar-refractivity contribution in [2.24, 2.45) is 7.05 Å². The maximum Gasteiger partial charge on any atom is 0.433 e. The third-order valence-electron chi connectivity index (χ3n) is 4.33. The quantitative estimate of drug-likeness (QED) is 0.515. The van der Waals surface area contributed by atoms with Gasteiger partial charge in [-0.15, -0.1) is 0 Å². The van der Waals surface area contributed by atoms with Crippen LogP contribution in [0, 0.1) is 0 Å². The predicted octanol–water partition coefficient (Wildman–Crippen LogP) is 2.49. The normalized spacial score (nSPS) is 12.9. The summed E-state index contributed by atoms with van der Waals surface area (Å²) in [5.74, 6) is -0.0633. The number of hydrogen-bond donors (Lipinski definition) is 0. The van der Waals surface area contributed by atoms with Crippen molar-refractivity contribution in [3.8, 4) is 11.5 Å². The average Bonchev–Trinajstić information content (AvgIpc) is 3.19. The number of sulfone groups is 1. The number of rotatable bonds is 3. The fourth-order valence-electron chi connectivity index (χ4n) is 2.92. The maximum absolute atomic E-state index is 13.0. The molecule has 4 aromatic heterocycles. The molecular weight excluding hydrogens is 397 g/mol. The smallest absolute Gasteiger partial charge is 0.324 e. The zero-order valence-corrected chi connectivity index (χ0v) is 15.5. The van der Waals surface area contributed by atoms with Crippen LogP contribution in [0.15, 0.2) is 35.9 Å². The van der Waals surface area contributed by atoms with E-state index in [1.807, 2.05) is 0 Å². The minimum absolute atomic E-state index is 0.0369.